The van der Waals surface area contributed by atoms with E-state index in [0.29, 0.717) is 20.1 Å². The van der Waals surface area contributed by atoms with Gasteiger partial charge in [-0.3, -0.25) is 0 Å². The summed E-state index contributed by atoms with van der Waals surface area (Å²) in [6, 6.07) is 20.9. The highest BCUT2D eigenvalue weighted by Gasteiger charge is 2.31. The zero-order valence-corrected chi connectivity index (χ0v) is 25.6. The topological polar surface area (TPSA) is 179 Å². The summed E-state index contributed by atoms with van der Waals surface area (Å²) in [7, 11) is -8.53. The summed E-state index contributed by atoms with van der Waals surface area (Å²) in [5, 5.41) is 0. The number of urea groups is 2. The second kappa shape index (κ2) is 12.7. The van der Waals surface area contributed by atoms with Crippen molar-refractivity contribution < 1.29 is 35.9 Å². The Hall–Kier alpha value is -5.08. The van der Waals surface area contributed by atoms with Gasteiger partial charge in [0.1, 0.15) is 11.5 Å². The molecule has 0 aromatic heterocycles. The number of primary amides is 2. The van der Waals surface area contributed by atoms with Gasteiger partial charge in [-0.1, -0.05) is 35.4 Å². The average molecular weight is 639 g/mol. The van der Waals surface area contributed by atoms with Gasteiger partial charge in [-0.25, -0.2) is 26.4 Å². The lowest BCUT2D eigenvalue weighted by Gasteiger charge is -2.22. The van der Waals surface area contributed by atoms with Crippen molar-refractivity contribution in [3.8, 4) is 11.5 Å². The van der Waals surface area contributed by atoms with Crippen LogP contribution in [0.15, 0.2) is 107 Å². The molecule has 0 bridgehead atoms. The van der Waals surface area contributed by atoms with Crippen molar-refractivity contribution >= 4 is 43.5 Å². The van der Waals surface area contributed by atoms with E-state index in [2.05, 4.69) is 0 Å². The van der Waals surface area contributed by atoms with Crippen LogP contribution in [-0.2, 0) is 20.0 Å². The summed E-state index contributed by atoms with van der Waals surface area (Å²) < 4.78 is 64.9. The normalized spacial score (nSPS) is 11.5. The molecule has 0 aliphatic rings. The molecular formula is C30H30N4O8S2. The first-order valence-corrected chi connectivity index (χ1v) is 15.9. The van der Waals surface area contributed by atoms with Crippen LogP contribution in [0.3, 0.4) is 0 Å². The Morgan fingerprint density at radius 3 is 1.14 bits per heavy atom. The van der Waals surface area contributed by atoms with Crippen molar-refractivity contribution in [1.29, 1.82) is 0 Å². The van der Waals surface area contributed by atoms with Gasteiger partial charge >= 0.3 is 12.1 Å². The number of sulfonamides is 2. The van der Waals surface area contributed by atoms with Crippen LogP contribution in [0.5, 0.6) is 11.5 Å². The smallest absolute Gasteiger partial charge is 0.333 e. The molecule has 0 unspecified atom stereocenters. The summed E-state index contributed by atoms with van der Waals surface area (Å²) in [6.07, 6.45) is -0.862. The maximum absolute atomic E-state index is 13.1. The highest BCUT2D eigenvalue weighted by molar-refractivity contribution is 7.94. The summed E-state index contributed by atoms with van der Waals surface area (Å²) in [4.78, 5) is 24.1. The molecule has 0 fully saturated rings. The lowest BCUT2D eigenvalue weighted by atomic mass is 10.2. The Morgan fingerprint density at radius 1 is 0.568 bits per heavy atom. The van der Waals surface area contributed by atoms with Crippen molar-refractivity contribution in [1.82, 2.24) is 0 Å². The van der Waals surface area contributed by atoms with E-state index in [4.69, 9.17) is 20.9 Å². The number of carbonyl (C=O) groups is 2. The van der Waals surface area contributed by atoms with Crippen LogP contribution in [-0.4, -0.2) is 35.2 Å². The third kappa shape index (κ3) is 6.93. The largest absolute Gasteiger partial charge is 0.455 e. The maximum Gasteiger partial charge on any atom is 0.333 e. The Morgan fingerprint density at radius 2 is 0.864 bits per heavy atom. The predicted octanol–water partition coefficient (Wildman–Crippen LogP) is 4.66. The molecule has 4 N–H and O–H groups in total. The van der Waals surface area contributed by atoms with Gasteiger partial charge in [-0.05, 0) is 86.6 Å². The third-order valence-electron chi connectivity index (χ3n) is 6.27. The lowest BCUT2D eigenvalue weighted by molar-refractivity contribution is 0.0223. The number of amides is 4. The fourth-order valence-corrected chi connectivity index (χ4v) is 6.78. The van der Waals surface area contributed by atoms with Gasteiger partial charge in [-0.2, -0.15) is 8.61 Å². The van der Waals surface area contributed by atoms with E-state index in [-0.39, 0.29) is 21.2 Å². The molecule has 4 amide bonds. The van der Waals surface area contributed by atoms with E-state index in [9.17, 15) is 26.4 Å². The fraction of sp³-hybridized carbons (Fsp3) is 0.133. The van der Waals surface area contributed by atoms with Crippen LogP contribution in [0.4, 0.5) is 21.0 Å². The lowest BCUT2D eigenvalue weighted by Crippen LogP contribution is -2.40. The van der Waals surface area contributed by atoms with Gasteiger partial charge in [0.2, 0.25) is 6.29 Å². The van der Waals surface area contributed by atoms with E-state index in [1.165, 1.54) is 72.8 Å². The fourth-order valence-electron chi connectivity index (χ4n) is 4.13. The van der Waals surface area contributed by atoms with Crippen LogP contribution in [0.2, 0.25) is 0 Å². The zero-order valence-electron chi connectivity index (χ0n) is 23.9. The van der Waals surface area contributed by atoms with Crippen molar-refractivity contribution in [2.75, 3.05) is 8.61 Å². The number of benzene rings is 4. The van der Waals surface area contributed by atoms with Crippen molar-refractivity contribution in [3.63, 3.8) is 0 Å². The molecule has 12 nitrogen and oxygen atoms in total. The summed E-state index contributed by atoms with van der Waals surface area (Å²) in [6.45, 7) is 5.20. The molecule has 0 heterocycles. The maximum atomic E-state index is 13.1. The van der Waals surface area contributed by atoms with E-state index >= 15 is 0 Å². The van der Waals surface area contributed by atoms with Crippen LogP contribution in [0.25, 0.3) is 0 Å². The van der Waals surface area contributed by atoms with E-state index < -0.39 is 38.4 Å². The molecule has 0 aliphatic carbocycles. The molecule has 4 rings (SSSR count). The van der Waals surface area contributed by atoms with Crippen LogP contribution < -0.4 is 29.6 Å². The molecule has 14 heteroatoms. The number of nitrogens with two attached hydrogens (primary N) is 2. The Bertz CT molecular complexity index is 1720. The second-order valence-electron chi connectivity index (χ2n) is 9.63. The molecule has 4 aromatic rings. The third-order valence-corrected chi connectivity index (χ3v) is 9.74. The molecule has 0 saturated heterocycles. The Balaban J connectivity index is 1.46. The van der Waals surface area contributed by atoms with Crippen LogP contribution in [0.1, 0.15) is 18.1 Å². The van der Waals surface area contributed by atoms with Crippen molar-refractivity contribution in [2.24, 2.45) is 11.5 Å². The van der Waals surface area contributed by atoms with Crippen molar-refractivity contribution in [2.45, 2.75) is 36.9 Å². The first-order valence-electron chi connectivity index (χ1n) is 13.1. The second-order valence-corrected chi connectivity index (χ2v) is 13.2. The molecule has 0 radical (unpaired) electrons. The number of hydrogen-bond acceptors (Lipinski definition) is 8. The van der Waals surface area contributed by atoms with E-state index in [1.54, 1.807) is 45.0 Å². The highest BCUT2D eigenvalue weighted by Crippen LogP contribution is 2.29. The minimum absolute atomic E-state index is 0.00850. The van der Waals surface area contributed by atoms with E-state index in [0.717, 1.165) is 11.1 Å². The first-order chi connectivity index (χ1) is 20.7. The Kier molecular flexibility index (Phi) is 9.16. The molecule has 4 aromatic carbocycles. The monoisotopic (exact) mass is 638 g/mol. The molecule has 44 heavy (non-hydrogen) atoms. The predicted molar refractivity (Wildman–Crippen MR) is 164 cm³/mol. The number of anilines is 2. The van der Waals surface area contributed by atoms with Crippen LogP contribution in [0, 0.1) is 13.8 Å². The molecule has 0 aliphatic heterocycles. The standard InChI is InChI=1S/C30H30N4O8S2/c1-20-4-16-27(17-5-20)43(37,38)33(29(31)35)23-8-12-25(13-9-23)41-22(3)42-26-14-10-24(11-15-26)34(30(32)36)44(39,40)28-18-6-21(2)7-19-28/h4-19,22H,1-3H3,(H2,31,35)(H2,32,36). The van der Waals surface area contributed by atoms with Gasteiger partial charge in [-0.15, -0.1) is 0 Å². The minimum atomic E-state index is -4.27. The van der Waals surface area contributed by atoms with Gasteiger partial charge in [0.25, 0.3) is 20.0 Å². The van der Waals surface area contributed by atoms with Gasteiger partial charge in [0, 0.05) is 6.92 Å². The summed E-state index contributed by atoms with van der Waals surface area (Å²) >= 11 is 0. The van der Waals surface area contributed by atoms with Gasteiger partial charge in [0.15, 0.2) is 0 Å². The number of nitrogens with zero attached hydrogens (tertiary/aromatic N) is 2. The zero-order chi connectivity index (χ0) is 32.2. The number of carbonyl (C=O) groups excluding carboxylic acids is 2. The van der Waals surface area contributed by atoms with Crippen LogP contribution >= 0.6 is 0 Å². The quantitative estimate of drug-likeness (QED) is 0.236. The molecule has 0 spiro atoms. The number of ether oxygens (including phenoxy) is 2. The summed E-state index contributed by atoms with van der Waals surface area (Å²) in [5.74, 6) is 0.582. The number of rotatable bonds is 10. The highest BCUT2D eigenvalue weighted by atomic mass is 32.2. The number of hydrogen-bond donors (Lipinski definition) is 2. The van der Waals surface area contributed by atoms with Gasteiger partial charge in [0.05, 0.1) is 21.2 Å². The summed E-state index contributed by atoms with van der Waals surface area (Å²) in [5.41, 5.74) is 12.6. The Labute approximate surface area is 255 Å². The number of aryl methyl sites for hydroxylation is 2. The SMILES string of the molecule is Cc1ccc(S(=O)(=O)N(C(N)=O)c2ccc(OC(C)Oc3ccc(N(C(N)=O)S(=O)(=O)c4ccc(C)cc4)cc3)cc2)cc1. The molecule has 0 saturated carbocycles. The van der Waals surface area contributed by atoms with E-state index in [1.807, 2.05) is 0 Å². The average Bonchev–Trinajstić information content (AvgIpc) is 2.95. The molecule has 0 atom stereocenters. The minimum Gasteiger partial charge on any atom is -0.455 e. The van der Waals surface area contributed by atoms with Crippen molar-refractivity contribution in [3.05, 3.63) is 108 Å². The molecule has 230 valence electrons. The van der Waals surface area contributed by atoms with Gasteiger partial charge < -0.3 is 20.9 Å². The molecular weight excluding hydrogens is 608 g/mol. The first kappa shape index (κ1) is 31.8.